The lowest BCUT2D eigenvalue weighted by atomic mass is 10.1. The van der Waals surface area contributed by atoms with Crippen LogP contribution in [0.15, 0.2) is 24.4 Å². The van der Waals surface area contributed by atoms with Crippen molar-refractivity contribution in [2.45, 2.75) is 0 Å². The fourth-order valence-electron chi connectivity index (χ4n) is 1.41. The number of aromatic nitrogens is 1. The Bertz CT molecular complexity index is 490. The molecule has 1 heterocycles. The Morgan fingerprint density at radius 1 is 1.50 bits per heavy atom. The number of halogens is 1. The largest absolute Gasteiger partial charge is 0.465 e. The molecule has 0 amide bonds. The smallest absolute Gasteiger partial charge is 0.340 e. The van der Waals surface area contributed by atoms with Crippen molar-refractivity contribution < 1.29 is 9.53 Å². The topological polar surface area (TPSA) is 42.1 Å². The van der Waals surface area contributed by atoms with Gasteiger partial charge >= 0.3 is 5.97 Å². The summed E-state index contributed by atoms with van der Waals surface area (Å²) in [5.74, 6) is -0.309. The summed E-state index contributed by atoms with van der Waals surface area (Å²) in [6, 6.07) is 5.76. The third-order valence-corrected chi connectivity index (χ3v) is 2.65. The summed E-state index contributed by atoms with van der Waals surface area (Å²) in [6.07, 6.45) is 1.81. The standard InChI is InChI=1S/C10H8INO2/c1-14-10(13)8-5-7(11)4-6-2-3-12-9(6)8/h2-5,12H,1H3. The summed E-state index contributed by atoms with van der Waals surface area (Å²) in [7, 11) is 1.39. The molecule has 0 fully saturated rings. The summed E-state index contributed by atoms with van der Waals surface area (Å²) < 4.78 is 5.73. The molecule has 2 rings (SSSR count). The van der Waals surface area contributed by atoms with Gasteiger partial charge in [-0.2, -0.15) is 0 Å². The highest BCUT2D eigenvalue weighted by Gasteiger charge is 2.11. The third-order valence-electron chi connectivity index (χ3n) is 2.03. The van der Waals surface area contributed by atoms with Crippen molar-refractivity contribution in [3.05, 3.63) is 33.5 Å². The van der Waals surface area contributed by atoms with Crippen LogP contribution in [0.1, 0.15) is 10.4 Å². The molecular weight excluding hydrogens is 293 g/mol. The first-order valence-corrected chi connectivity index (χ1v) is 5.15. The fraction of sp³-hybridized carbons (Fsp3) is 0.100. The first kappa shape index (κ1) is 9.51. The van der Waals surface area contributed by atoms with Crippen molar-refractivity contribution in [3.63, 3.8) is 0 Å². The highest BCUT2D eigenvalue weighted by Crippen LogP contribution is 2.21. The number of fused-ring (bicyclic) bond motifs is 1. The van der Waals surface area contributed by atoms with Crippen molar-refractivity contribution in [2.75, 3.05) is 7.11 Å². The van der Waals surface area contributed by atoms with Gasteiger partial charge in [0.1, 0.15) is 0 Å². The Morgan fingerprint density at radius 3 is 3.00 bits per heavy atom. The Kier molecular flexibility index (Phi) is 2.45. The van der Waals surface area contributed by atoms with Gasteiger partial charge in [-0.15, -0.1) is 0 Å². The van der Waals surface area contributed by atoms with Crippen LogP contribution >= 0.6 is 22.6 Å². The highest BCUT2D eigenvalue weighted by atomic mass is 127. The van der Waals surface area contributed by atoms with Crippen molar-refractivity contribution >= 4 is 39.5 Å². The van der Waals surface area contributed by atoms with Crippen LogP contribution in [0.3, 0.4) is 0 Å². The first-order chi connectivity index (χ1) is 6.72. The number of H-pyrrole nitrogens is 1. The maximum absolute atomic E-state index is 11.4. The molecule has 1 aromatic carbocycles. The molecular formula is C10H8INO2. The summed E-state index contributed by atoms with van der Waals surface area (Å²) >= 11 is 2.18. The minimum absolute atomic E-state index is 0.309. The number of carbonyl (C=O) groups excluding carboxylic acids is 1. The van der Waals surface area contributed by atoms with E-state index in [1.165, 1.54) is 7.11 Å². The molecule has 0 aliphatic carbocycles. The number of methoxy groups -OCH3 is 1. The van der Waals surface area contributed by atoms with E-state index in [4.69, 9.17) is 4.74 Å². The molecule has 0 unspecified atom stereocenters. The van der Waals surface area contributed by atoms with E-state index >= 15 is 0 Å². The minimum atomic E-state index is -0.309. The van der Waals surface area contributed by atoms with Crippen LogP contribution in [0.25, 0.3) is 10.9 Å². The lowest BCUT2D eigenvalue weighted by Crippen LogP contribution is -2.02. The number of ether oxygens (including phenoxy) is 1. The predicted molar refractivity (Wildman–Crippen MR) is 62.4 cm³/mol. The lowest BCUT2D eigenvalue weighted by Gasteiger charge is -2.01. The number of nitrogens with one attached hydrogen (secondary N) is 1. The molecule has 14 heavy (non-hydrogen) atoms. The van der Waals surface area contributed by atoms with Crippen LogP contribution in [-0.2, 0) is 4.74 Å². The van der Waals surface area contributed by atoms with Crippen molar-refractivity contribution in [1.29, 1.82) is 0 Å². The number of aromatic amines is 1. The molecule has 0 radical (unpaired) electrons. The third kappa shape index (κ3) is 1.50. The Balaban J connectivity index is 2.72. The number of benzene rings is 1. The summed E-state index contributed by atoms with van der Waals surface area (Å²) in [5.41, 5.74) is 1.41. The van der Waals surface area contributed by atoms with Gasteiger partial charge < -0.3 is 9.72 Å². The van der Waals surface area contributed by atoms with Crippen molar-refractivity contribution in [1.82, 2.24) is 4.98 Å². The molecule has 2 aromatic rings. The SMILES string of the molecule is COC(=O)c1cc(I)cc2cc[nH]c12. The average molecular weight is 301 g/mol. The van der Waals surface area contributed by atoms with Gasteiger partial charge in [0.05, 0.1) is 18.2 Å². The van der Waals surface area contributed by atoms with E-state index in [1.54, 1.807) is 0 Å². The molecule has 0 saturated heterocycles. The zero-order chi connectivity index (χ0) is 10.1. The molecule has 4 heteroatoms. The normalized spacial score (nSPS) is 10.4. The van der Waals surface area contributed by atoms with Gasteiger partial charge in [0, 0.05) is 15.2 Å². The zero-order valence-corrected chi connectivity index (χ0v) is 9.66. The van der Waals surface area contributed by atoms with Crippen LogP contribution in [0.4, 0.5) is 0 Å². The molecule has 0 bridgehead atoms. The molecule has 0 aliphatic rings. The first-order valence-electron chi connectivity index (χ1n) is 4.07. The van der Waals surface area contributed by atoms with Crippen LogP contribution in [-0.4, -0.2) is 18.1 Å². The van der Waals surface area contributed by atoms with Gasteiger partial charge in [0.15, 0.2) is 0 Å². The second-order valence-electron chi connectivity index (χ2n) is 2.89. The quantitative estimate of drug-likeness (QED) is 0.650. The number of rotatable bonds is 1. The predicted octanol–water partition coefficient (Wildman–Crippen LogP) is 2.56. The molecule has 3 nitrogen and oxygen atoms in total. The second kappa shape index (κ2) is 3.61. The Morgan fingerprint density at radius 2 is 2.29 bits per heavy atom. The second-order valence-corrected chi connectivity index (χ2v) is 4.13. The van der Waals surface area contributed by atoms with E-state index in [-0.39, 0.29) is 5.97 Å². The van der Waals surface area contributed by atoms with Crippen LogP contribution in [0.5, 0.6) is 0 Å². The zero-order valence-electron chi connectivity index (χ0n) is 7.50. The number of esters is 1. The maximum atomic E-state index is 11.4. The van der Waals surface area contributed by atoms with Gasteiger partial charge in [0.2, 0.25) is 0 Å². The Labute approximate surface area is 94.6 Å². The maximum Gasteiger partial charge on any atom is 0.340 e. The lowest BCUT2D eigenvalue weighted by molar-refractivity contribution is 0.0602. The number of hydrogen-bond acceptors (Lipinski definition) is 2. The fourth-order valence-corrected chi connectivity index (χ4v) is 2.05. The van der Waals surface area contributed by atoms with Crippen LogP contribution in [0.2, 0.25) is 0 Å². The number of carbonyl (C=O) groups is 1. The molecule has 0 aliphatic heterocycles. The van der Waals surface area contributed by atoms with Crippen molar-refractivity contribution in [3.8, 4) is 0 Å². The van der Waals surface area contributed by atoms with E-state index < -0.39 is 0 Å². The van der Waals surface area contributed by atoms with Gasteiger partial charge in [-0.05, 0) is 40.8 Å². The van der Waals surface area contributed by atoms with Crippen molar-refractivity contribution in [2.24, 2.45) is 0 Å². The summed E-state index contributed by atoms with van der Waals surface area (Å²) in [5, 5.41) is 1.03. The van der Waals surface area contributed by atoms with Gasteiger partial charge in [-0.1, -0.05) is 0 Å². The van der Waals surface area contributed by atoms with E-state index in [0.717, 1.165) is 14.5 Å². The van der Waals surface area contributed by atoms with Gasteiger partial charge in [-0.3, -0.25) is 0 Å². The molecule has 0 saturated carbocycles. The summed E-state index contributed by atoms with van der Waals surface area (Å²) in [4.78, 5) is 14.5. The highest BCUT2D eigenvalue weighted by molar-refractivity contribution is 14.1. The molecule has 1 aromatic heterocycles. The van der Waals surface area contributed by atoms with Gasteiger partial charge in [0.25, 0.3) is 0 Å². The van der Waals surface area contributed by atoms with E-state index in [0.29, 0.717) is 5.56 Å². The molecule has 72 valence electrons. The molecule has 0 atom stereocenters. The minimum Gasteiger partial charge on any atom is -0.465 e. The van der Waals surface area contributed by atoms with E-state index in [2.05, 4.69) is 27.6 Å². The molecule has 0 spiro atoms. The summed E-state index contributed by atoms with van der Waals surface area (Å²) in [6.45, 7) is 0. The molecule has 1 N–H and O–H groups in total. The van der Waals surface area contributed by atoms with Gasteiger partial charge in [-0.25, -0.2) is 4.79 Å². The average Bonchev–Trinajstić information content (AvgIpc) is 2.62. The van der Waals surface area contributed by atoms with E-state index in [1.807, 2.05) is 24.4 Å². The monoisotopic (exact) mass is 301 g/mol. The Hall–Kier alpha value is -1.04. The van der Waals surface area contributed by atoms with Crippen LogP contribution < -0.4 is 0 Å². The van der Waals surface area contributed by atoms with E-state index in [9.17, 15) is 4.79 Å². The number of hydrogen-bond donors (Lipinski definition) is 1. The van der Waals surface area contributed by atoms with Crippen LogP contribution in [0, 0.1) is 3.57 Å².